The Balaban J connectivity index is 1.51. The smallest absolute Gasteiger partial charge is 0.408 e. The van der Waals surface area contributed by atoms with Crippen LogP contribution in [0.2, 0.25) is 5.02 Å². The van der Waals surface area contributed by atoms with Crippen molar-refractivity contribution >= 4 is 37.1 Å². The lowest BCUT2D eigenvalue weighted by atomic mass is 9.84. The molecule has 12 nitrogen and oxygen atoms in total. The fraction of sp³-hybridized carbons (Fsp3) is 0.583. The van der Waals surface area contributed by atoms with Gasteiger partial charge in [-0.25, -0.2) is 4.79 Å². The van der Waals surface area contributed by atoms with Gasteiger partial charge < -0.3 is 39.9 Å². The maximum atomic E-state index is 14.0. The first-order valence-corrected chi connectivity index (χ1v) is 19.5. The molecule has 2 saturated carbocycles. The van der Waals surface area contributed by atoms with Crippen LogP contribution in [0.5, 0.6) is 0 Å². The highest BCUT2D eigenvalue weighted by Gasteiger charge is 2.52. The Bertz CT molecular complexity index is 1460. The van der Waals surface area contributed by atoms with Crippen LogP contribution in [0.15, 0.2) is 54.6 Å². The number of rotatable bonds is 19. The monoisotopic (exact) mass is 735 g/mol. The van der Waals surface area contributed by atoms with Crippen molar-refractivity contribution in [2.24, 2.45) is 5.92 Å². The predicted octanol–water partition coefficient (Wildman–Crippen LogP) is 5.97. The summed E-state index contributed by atoms with van der Waals surface area (Å²) in [6.07, 6.45) is 5.45. The van der Waals surface area contributed by atoms with E-state index in [1.54, 1.807) is 38.1 Å². The number of aliphatic hydroxyl groups excluding tert-OH is 1. The van der Waals surface area contributed by atoms with Crippen LogP contribution in [0.4, 0.5) is 4.79 Å². The topological polar surface area (TPSA) is 173 Å². The Morgan fingerprint density at radius 3 is 2.28 bits per heavy atom. The summed E-state index contributed by atoms with van der Waals surface area (Å²) >= 11 is 6.05. The van der Waals surface area contributed by atoms with Gasteiger partial charge >= 0.3 is 13.7 Å². The van der Waals surface area contributed by atoms with Crippen molar-refractivity contribution in [3.05, 3.63) is 70.7 Å². The second-order valence-electron chi connectivity index (χ2n) is 13.3. The van der Waals surface area contributed by atoms with E-state index in [9.17, 15) is 29.2 Å². The molecule has 0 aromatic heterocycles. The molecule has 2 unspecified atom stereocenters. The van der Waals surface area contributed by atoms with Crippen LogP contribution in [0.25, 0.3) is 0 Å². The van der Waals surface area contributed by atoms with Gasteiger partial charge in [-0.1, -0.05) is 86.2 Å². The molecule has 2 aromatic carbocycles. The van der Waals surface area contributed by atoms with E-state index in [1.807, 2.05) is 30.3 Å². The third-order valence-electron chi connectivity index (χ3n) is 9.22. The number of alkyl carbamates (subject to hydrolysis) is 1. The van der Waals surface area contributed by atoms with Gasteiger partial charge in [-0.15, -0.1) is 0 Å². The molecule has 2 aliphatic rings. The lowest BCUT2D eigenvalue weighted by Gasteiger charge is -2.38. The van der Waals surface area contributed by atoms with E-state index >= 15 is 0 Å². The van der Waals surface area contributed by atoms with Gasteiger partial charge in [-0.2, -0.15) is 0 Å². The van der Waals surface area contributed by atoms with Crippen LogP contribution in [0, 0.1) is 5.92 Å². The molecule has 5 N–H and O–H groups in total. The van der Waals surface area contributed by atoms with Crippen molar-refractivity contribution in [2.75, 3.05) is 13.2 Å². The molecule has 14 heteroatoms. The number of hydrogen-bond acceptors (Lipinski definition) is 9. The summed E-state index contributed by atoms with van der Waals surface area (Å²) in [6.45, 7) is 2.75. The Kier molecular flexibility index (Phi) is 14.7. The summed E-state index contributed by atoms with van der Waals surface area (Å²) < 4.78 is 29.8. The summed E-state index contributed by atoms with van der Waals surface area (Å²) in [5.74, 6) is -3.41. The average Bonchev–Trinajstić information content (AvgIpc) is 3.85. The SMILES string of the molecule is CCOP(=O)(OCC)C(O)C(O)(CCC(=O)NC1(Cc2ccccc2)CC1)NC(=O)[C@H](CC1CCCCC1)NC(=O)OCc1cccc(Cl)c1. The average molecular weight is 736 g/mol. The van der Waals surface area contributed by atoms with E-state index < -0.39 is 55.1 Å². The first-order chi connectivity index (χ1) is 23.9. The molecule has 50 heavy (non-hydrogen) atoms. The second kappa shape index (κ2) is 18.5. The number of carbonyl (C=O) groups excluding carboxylic acids is 3. The zero-order chi connectivity index (χ0) is 36.2. The van der Waals surface area contributed by atoms with Crippen LogP contribution >= 0.6 is 19.2 Å². The first kappa shape index (κ1) is 39.8. The highest BCUT2D eigenvalue weighted by molar-refractivity contribution is 7.54. The number of amides is 3. The van der Waals surface area contributed by atoms with Gasteiger partial charge in [0.2, 0.25) is 17.7 Å². The highest BCUT2D eigenvalue weighted by atomic mass is 35.5. The Hall–Kier alpha value is -2.99. The Morgan fingerprint density at radius 2 is 1.66 bits per heavy atom. The Morgan fingerprint density at radius 1 is 1.00 bits per heavy atom. The lowest BCUT2D eigenvalue weighted by molar-refractivity contribution is -0.141. The second-order valence-corrected chi connectivity index (χ2v) is 15.8. The molecule has 0 radical (unpaired) electrons. The van der Waals surface area contributed by atoms with Crippen molar-refractivity contribution in [1.29, 1.82) is 0 Å². The molecule has 3 atom stereocenters. The van der Waals surface area contributed by atoms with Crippen molar-refractivity contribution in [2.45, 2.75) is 114 Å². The van der Waals surface area contributed by atoms with E-state index in [4.69, 9.17) is 25.4 Å². The molecule has 0 heterocycles. The number of ether oxygens (including phenoxy) is 1. The number of benzene rings is 2. The normalized spacial score (nSPS) is 18.3. The highest BCUT2D eigenvalue weighted by Crippen LogP contribution is 2.55. The van der Waals surface area contributed by atoms with Crippen LogP contribution in [0.1, 0.15) is 89.2 Å². The van der Waals surface area contributed by atoms with Gasteiger partial charge in [0.1, 0.15) is 12.6 Å². The zero-order valence-electron chi connectivity index (χ0n) is 28.9. The molecular weight excluding hydrogens is 685 g/mol. The fourth-order valence-corrected chi connectivity index (χ4v) is 8.46. The maximum Gasteiger partial charge on any atom is 0.408 e. The number of carbonyl (C=O) groups is 3. The van der Waals surface area contributed by atoms with Gasteiger partial charge in [-0.05, 0) is 68.7 Å². The van der Waals surface area contributed by atoms with E-state index in [2.05, 4.69) is 16.0 Å². The number of hydrogen-bond donors (Lipinski definition) is 5. The van der Waals surface area contributed by atoms with E-state index in [0.717, 1.165) is 50.5 Å². The lowest BCUT2D eigenvalue weighted by Crippen LogP contribution is -2.61. The summed E-state index contributed by atoms with van der Waals surface area (Å²) in [6, 6.07) is 15.4. The molecule has 276 valence electrons. The molecule has 3 amide bonds. The molecular formula is C36H51ClN3O9P. The molecule has 4 rings (SSSR count). The quantitative estimate of drug-likeness (QED) is 0.0862. The standard InChI is InChI=1S/C36H51ClN3O9P/c1-3-48-50(46,49-4-2)33(43)36(45,19-18-31(41)39-35(20-21-35)24-27-14-9-6-10-15-27)40-32(42)30(23-26-12-7-5-8-13-26)38-34(44)47-25-28-16-11-17-29(37)22-28/h6,9-11,14-17,22,26,30,33,43,45H,3-5,7-8,12-13,18-21,23-25H2,1-2H3,(H,38,44)(H,39,41)(H,40,42)/t30-,33?,36?/m0/s1. The van der Waals surface area contributed by atoms with Crippen molar-refractivity contribution in [1.82, 2.24) is 16.0 Å². The number of nitrogens with one attached hydrogen (secondary N) is 3. The van der Waals surface area contributed by atoms with Gasteiger partial charge in [0.25, 0.3) is 0 Å². The largest absolute Gasteiger partial charge is 0.445 e. The van der Waals surface area contributed by atoms with Gasteiger partial charge in [0.05, 0.1) is 13.2 Å². The van der Waals surface area contributed by atoms with Crippen molar-refractivity contribution in [3.63, 3.8) is 0 Å². The minimum Gasteiger partial charge on any atom is -0.445 e. The molecule has 0 spiro atoms. The number of halogens is 1. The zero-order valence-corrected chi connectivity index (χ0v) is 30.6. The summed E-state index contributed by atoms with van der Waals surface area (Å²) in [5, 5.41) is 32.0. The minimum atomic E-state index is -4.43. The summed E-state index contributed by atoms with van der Waals surface area (Å²) in [7, 11) is -4.43. The molecule has 0 aliphatic heterocycles. The van der Waals surface area contributed by atoms with Gasteiger partial charge in [0.15, 0.2) is 5.72 Å². The molecule has 2 aliphatic carbocycles. The molecule has 0 bridgehead atoms. The van der Waals surface area contributed by atoms with Gasteiger partial charge in [0, 0.05) is 23.4 Å². The van der Waals surface area contributed by atoms with Crippen LogP contribution < -0.4 is 16.0 Å². The van der Waals surface area contributed by atoms with E-state index in [1.165, 1.54) is 0 Å². The fourth-order valence-electron chi connectivity index (χ4n) is 6.45. The third-order valence-corrected chi connectivity index (χ3v) is 11.7. The van der Waals surface area contributed by atoms with Crippen LogP contribution in [-0.2, 0) is 41.0 Å². The van der Waals surface area contributed by atoms with Gasteiger partial charge in [-0.3, -0.25) is 14.2 Å². The molecule has 2 fully saturated rings. The van der Waals surface area contributed by atoms with Crippen molar-refractivity contribution in [3.8, 4) is 0 Å². The van der Waals surface area contributed by atoms with Crippen LogP contribution in [-0.4, -0.2) is 64.5 Å². The van der Waals surface area contributed by atoms with Crippen molar-refractivity contribution < 1.29 is 42.9 Å². The predicted molar refractivity (Wildman–Crippen MR) is 189 cm³/mol. The molecule has 2 aromatic rings. The molecule has 0 saturated heterocycles. The summed E-state index contributed by atoms with van der Waals surface area (Å²) in [5.41, 5.74) is -1.34. The first-order valence-electron chi connectivity index (χ1n) is 17.5. The third kappa shape index (κ3) is 11.8. The maximum absolute atomic E-state index is 14.0. The van der Waals surface area contributed by atoms with E-state index in [-0.39, 0.29) is 38.6 Å². The van der Waals surface area contributed by atoms with Crippen LogP contribution in [0.3, 0.4) is 0 Å². The van der Waals surface area contributed by atoms with E-state index in [0.29, 0.717) is 17.0 Å². The summed E-state index contributed by atoms with van der Waals surface area (Å²) in [4.78, 5) is 40.2. The number of aliphatic hydroxyl groups is 2. The Labute approximate surface area is 299 Å². The minimum absolute atomic E-state index is 0.0976.